The Bertz CT molecular complexity index is 1060. The van der Waals surface area contributed by atoms with Crippen molar-refractivity contribution in [3.8, 4) is 11.4 Å². The Balaban J connectivity index is 1.44. The summed E-state index contributed by atoms with van der Waals surface area (Å²) in [6.07, 6.45) is 8.51. The third-order valence-corrected chi connectivity index (χ3v) is 5.14. The van der Waals surface area contributed by atoms with Crippen molar-refractivity contribution in [3.05, 3.63) is 48.0 Å². The summed E-state index contributed by atoms with van der Waals surface area (Å²) in [5.74, 6) is -0.203. The summed E-state index contributed by atoms with van der Waals surface area (Å²) in [6, 6.07) is 7.35. The third kappa shape index (κ3) is 5.27. The van der Waals surface area contributed by atoms with Gasteiger partial charge in [-0.2, -0.15) is 4.80 Å². The molecule has 1 saturated carbocycles. The Kier molecular flexibility index (Phi) is 6.25. The molecule has 0 atom stereocenters. The molecule has 2 aromatic heterocycles. The molecule has 1 fully saturated rings. The Morgan fingerprint density at radius 2 is 1.90 bits per heavy atom. The predicted octanol–water partition coefficient (Wildman–Crippen LogP) is 2.14. The van der Waals surface area contributed by atoms with Gasteiger partial charge in [0, 0.05) is 17.8 Å². The molecular formula is C21H24N8O2. The average molecular weight is 420 g/mol. The Morgan fingerprint density at radius 1 is 1.10 bits per heavy atom. The maximum Gasteiger partial charge on any atom is 0.275 e. The summed E-state index contributed by atoms with van der Waals surface area (Å²) in [4.78, 5) is 34.3. The van der Waals surface area contributed by atoms with E-state index >= 15 is 0 Å². The fourth-order valence-electron chi connectivity index (χ4n) is 3.55. The van der Waals surface area contributed by atoms with Crippen LogP contribution in [0, 0.1) is 6.92 Å². The summed E-state index contributed by atoms with van der Waals surface area (Å²) < 4.78 is 0. The van der Waals surface area contributed by atoms with Crippen LogP contribution in [-0.4, -0.2) is 48.0 Å². The van der Waals surface area contributed by atoms with Gasteiger partial charge in [0.25, 0.3) is 5.91 Å². The Morgan fingerprint density at radius 3 is 2.68 bits per heavy atom. The molecule has 160 valence electrons. The number of aryl methyl sites for hydroxylation is 1. The molecule has 0 spiro atoms. The standard InChI is InChI=1S/C21H24N8O2/c1-14-11-23-18(12-22-14)21(31)25-17-10-6-5-9-16(17)20-26-28-29(27-20)13-19(30)24-15-7-3-2-4-8-15/h5-6,9-12,15H,2-4,7-8,13H2,1H3,(H,24,30)(H,25,31). The van der Waals surface area contributed by atoms with E-state index in [-0.39, 0.29) is 30.1 Å². The molecule has 0 saturated heterocycles. The van der Waals surface area contributed by atoms with Crippen molar-refractivity contribution in [1.29, 1.82) is 0 Å². The minimum Gasteiger partial charge on any atom is -0.352 e. The second-order valence-corrected chi connectivity index (χ2v) is 7.59. The van der Waals surface area contributed by atoms with Gasteiger partial charge in [0.15, 0.2) is 0 Å². The zero-order valence-electron chi connectivity index (χ0n) is 17.3. The number of para-hydroxylation sites is 1. The van der Waals surface area contributed by atoms with Gasteiger partial charge in [0.1, 0.15) is 12.2 Å². The normalized spacial score (nSPS) is 14.2. The summed E-state index contributed by atoms with van der Waals surface area (Å²) in [7, 11) is 0. The maximum atomic E-state index is 12.5. The summed E-state index contributed by atoms with van der Waals surface area (Å²) in [6.45, 7) is 1.80. The molecule has 2 N–H and O–H groups in total. The van der Waals surface area contributed by atoms with E-state index in [0.717, 1.165) is 31.4 Å². The highest BCUT2D eigenvalue weighted by Crippen LogP contribution is 2.24. The molecule has 0 unspecified atom stereocenters. The van der Waals surface area contributed by atoms with Gasteiger partial charge in [-0.25, -0.2) is 4.98 Å². The molecular weight excluding hydrogens is 396 g/mol. The number of nitrogens with one attached hydrogen (secondary N) is 2. The largest absolute Gasteiger partial charge is 0.352 e. The van der Waals surface area contributed by atoms with Crippen molar-refractivity contribution in [2.45, 2.75) is 51.6 Å². The minimum absolute atomic E-state index is 0.00299. The van der Waals surface area contributed by atoms with Crippen molar-refractivity contribution >= 4 is 17.5 Å². The van der Waals surface area contributed by atoms with Crippen LogP contribution >= 0.6 is 0 Å². The Hall–Kier alpha value is -3.69. The molecule has 2 heterocycles. The number of tetrazole rings is 1. The molecule has 31 heavy (non-hydrogen) atoms. The van der Waals surface area contributed by atoms with Gasteiger partial charge in [-0.05, 0) is 37.1 Å². The van der Waals surface area contributed by atoms with Gasteiger partial charge in [-0.15, -0.1) is 10.2 Å². The summed E-state index contributed by atoms with van der Waals surface area (Å²) >= 11 is 0. The number of rotatable bonds is 6. The first kappa shape index (κ1) is 20.6. The van der Waals surface area contributed by atoms with Crippen LogP contribution in [0.25, 0.3) is 11.4 Å². The highest BCUT2D eigenvalue weighted by atomic mass is 16.2. The minimum atomic E-state index is -0.390. The number of amides is 2. The van der Waals surface area contributed by atoms with Crippen molar-refractivity contribution < 1.29 is 9.59 Å². The number of benzene rings is 1. The number of hydrogen-bond acceptors (Lipinski definition) is 7. The topological polar surface area (TPSA) is 128 Å². The lowest BCUT2D eigenvalue weighted by Crippen LogP contribution is -2.38. The van der Waals surface area contributed by atoms with Gasteiger partial charge in [-0.3, -0.25) is 14.6 Å². The van der Waals surface area contributed by atoms with Crippen LogP contribution in [0.5, 0.6) is 0 Å². The van der Waals surface area contributed by atoms with E-state index < -0.39 is 0 Å². The van der Waals surface area contributed by atoms with E-state index in [4.69, 9.17) is 0 Å². The van der Waals surface area contributed by atoms with Gasteiger partial charge in [0.2, 0.25) is 11.7 Å². The second-order valence-electron chi connectivity index (χ2n) is 7.59. The van der Waals surface area contributed by atoms with Crippen LogP contribution in [0.4, 0.5) is 5.69 Å². The van der Waals surface area contributed by atoms with E-state index in [1.54, 1.807) is 25.1 Å². The highest BCUT2D eigenvalue weighted by Gasteiger charge is 2.18. The smallest absolute Gasteiger partial charge is 0.275 e. The first-order valence-corrected chi connectivity index (χ1v) is 10.3. The van der Waals surface area contributed by atoms with E-state index in [1.165, 1.54) is 23.6 Å². The van der Waals surface area contributed by atoms with E-state index in [9.17, 15) is 9.59 Å². The molecule has 1 aromatic carbocycles. The lowest BCUT2D eigenvalue weighted by molar-refractivity contribution is -0.123. The van der Waals surface area contributed by atoms with E-state index in [0.29, 0.717) is 17.1 Å². The molecule has 1 aliphatic rings. The van der Waals surface area contributed by atoms with Gasteiger partial charge >= 0.3 is 0 Å². The van der Waals surface area contributed by atoms with Crippen LogP contribution in [-0.2, 0) is 11.3 Å². The molecule has 2 amide bonds. The predicted molar refractivity (Wildman–Crippen MR) is 113 cm³/mol. The molecule has 4 rings (SSSR count). The van der Waals surface area contributed by atoms with Crippen LogP contribution < -0.4 is 10.6 Å². The van der Waals surface area contributed by atoms with Crippen LogP contribution in [0.1, 0.15) is 48.3 Å². The monoisotopic (exact) mass is 420 g/mol. The fraction of sp³-hybridized carbons (Fsp3) is 0.381. The lowest BCUT2D eigenvalue weighted by atomic mass is 9.95. The number of nitrogens with zero attached hydrogens (tertiary/aromatic N) is 6. The molecule has 0 radical (unpaired) electrons. The van der Waals surface area contributed by atoms with Crippen molar-refractivity contribution in [3.63, 3.8) is 0 Å². The maximum absolute atomic E-state index is 12.5. The fourth-order valence-corrected chi connectivity index (χ4v) is 3.55. The van der Waals surface area contributed by atoms with E-state index in [2.05, 4.69) is 36.0 Å². The molecule has 1 aliphatic carbocycles. The van der Waals surface area contributed by atoms with Crippen molar-refractivity contribution in [1.82, 2.24) is 35.5 Å². The molecule has 0 bridgehead atoms. The Labute approximate surface area is 179 Å². The molecule has 10 nitrogen and oxygen atoms in total. The quantitative estimate of drug-likeness (QED) is 0.625. The second kappa shape index (κ2) is 9.41. The number of aromatic nitrogens is 6. The average Bonchev–Trinajstić information content (AvgIpc) is 3.23. The first-order valence-electron chi connectivity index (χ1n) is 10.3. The summed E-state index contributed by atoms with van der Waals surface area (Å²) in [5.41, 5.74) is 2.04. The molecule has 0 aliphatic heterocycles. The van der Waals surface area contributed by atoms with Crippen LogP contribution in [0.2, 0.25) is 0 Å². The number of carbonyl (C=O) groups is 2. The van der Waals surface area contributed by atoms with Gasteiger partial charge < -0.3 is 10.6 Å². The van der Waals surface area contributed by atoms with Crippen LogP contribution in [0.3, 0.4) is 0 Å². The van der Waals surface area contributed by atoms with Crippen LogP contribution in [0.15, 0.2) is 36.7 Å². The van der Waals surface area contributed by atoms with Gasteiger partial charge in [-0.1, -0.05) is 31.4 Å². The molecule has 3 aromatic rings. The summed E-state index contributed by atoms with van der Waals surface area (Å²) in [5, 5.41) is 18.2. The lowest BCUT2D eigenvalue weighted by Gasteiger charge is -2.22. The highest BCUT2D eigenvalue weighted by molar-refractivity contribution is 6.04. The zero-order chi connectivity index (χ0) is 21.6. The SMILES string of the molecule is Cc1cnc(C(=O)Nc2ccccc2-c2nnn(CC(=O)NC3CCCCC3)n2)cn1. The first-order chi connectivity index (χ1) is 15.1. The zero-order valence-corrected chi connectivity index (χ0v) is 17.3. The van der Waals surface area contributed by atoms with Crippen molar-refractivity contribution in [2.24, 2.45) is 0 Å². The molecule has 10 heteroatoms. The number of anilines is 1. The van der Waals surface area contributed by atoms with E-state index in [1.807, 2.05) is 6.07 Å². The van der Waals surface area contributed by atoms with Crippen molar-refractivity contribution in [2.75, 3.05) is 5.32 Å². The van der Waals surface area contributed by atoms with Gasteiger partial charge in [0.05, 0.1) is 17.6 Å². The number of hydrogen-bond donors (Lipinski definition) is 2. The third-order valence-electron chi connectivity index (χ3n) is 5.14. The number of carbonyl (C=O) groups excluding carboxylic acids is 2.